The minimum absolute atomic E-state index is 0.130. The van der Waals surface area contributed by atoms with Gasteiger partial charge in [-0.15, -0.1) is 0 Å². The van der Waals surface area contributed by atoms with E-state index in [0.29, 0.717) is 5.69 Å². The molecule has 20 heavy (non-hydrogen) atoms. The highest BCUT2D eigenvalue weighted by molar-refractivity contribution is 5.91. The van der Waals surface area contributed by atoms with E-state index in [0.717, 1.165) is 42.9 Å². The van der Waals surface area contributed by atoms with Gasteiger partial charge in [0.1, 0.15) is 12.1 Å². The van der Waals surface area contributed by atoms with Crippen LogP contribution in [0.25, 0.3) is 10.9 Å². The maximum Gasteiger partial charge on any atom is 0.219 e. The van der Waals surface area contributed by atoms with Gasteiger partial charge in [-0.2, -0.15) is 0 Å². The fourth-order valence-corrected chi connectivity index (χ4v) is 2.55. The predicted molar refractivity (Wildman–Crippen MR) is 78.4 cm³/mol. The van der Waals surface area contributed by atoms with Crippen LogP contribution in [0.3, 0.4) is 0 Å². The van der Waals surface area contributed by atoms with E-state index in [4.69, 9.17) is 5.73 Å². The molecule has 1 amide bonds. The van der Waals surface area contributed by atoms with Crippen molar-refractivity contribution in [2.75, 3.05) is 36.8 Å². The summed E-state index contributed by atoms with van der Waals surface area (Å²) in [5.41, 5.74) is 7.33. The third-order valence-corrected chi connectivity index (χ3v) is 3.66. The molecule has 104 valence electrons. The van der Waals surface area contributed by atoms with Gasteiger partial charge in [0.2, 0.25) is 5.91 Å². The topological polar surface area (TPSA) is 75.4 Å². The summed E-state index contributed by atoms with van der Waals surface area (Å²) in [7, 11) is 0. The fourth-order valence-electron chi connectivity index (χ4n) is 2.55. The minimum atomic E-state index is 0.130. The molecule has 1 aliphatic rings. The molecule has 2 aromatic rings. The average Bonchev–Trinajstić information content (AvgIpc) is 2.46. The van der Waals surface area contributed by atoms with Crippen LogP contribution < -0.4 is 10.6 Å². The lowest BCUT2D eigenvalue weighted by atomic mass is 10.2. The van der Waals surface area contributed by atoms with Gasteiger partial charge in [0.15, 0.2) is 0 Å². The molecule has 1 aliphatic heterocycles. The van der Waals surface area contributed by atoms with Crippen molar-refractivity contribution in [3.63, 3.8) is 0 Å². The number of hydrogen-bond donors (Lipinski definition) is 1. The Hall–Kier alpha value is -2.37. The van der Waals surface area contributed by atoms with Gasteiger partial charge in [-0.3, -0.25) is 4.79 Å². The first-order valence-corrected chi connectivity index (χ1v) is 6.66. The van der Waals surface area contributed by atoms with Gasteiger partial charge < -0.3 is 15.5 Å². The Labute approximate surface area is 117 Å². The Bertz CT molecular complexity index is 649. The monoisotopic (exact) mass is 271 g/mol. The summed E-state index contributed by atoms with van der Waals surface area (Å²) in [5, 5.41) is 0.998. The van der Waals surface area contributed by atoms with Crippen molar-refractivity contribution in [1.82, 2.24) is 14.9 Å². The summed E-state index contributed by atoms with van der Waals surface area (Å²) in [5.74, 6) is 1.04. The standard InChI is InChI=1S/C14H17N5O/c1-10(20)18-4-6-19(7-5-18)14-12-3-2-11(15)8-13(12)16-9-17-14/h2-3,8-9H,4-7,15H2,1H3. The first-order valence-electron chi connectivity index (χ1n) is 6.66. The van der Waals surface area contributed by atoms with Gasteiger partial charge in [0.05, 0.1) is 5.52 Å². The first-order chi connectivity index (χ1) is 9.65. The SMILES string of the molecule is CC(=O)N1CCN(c2ncnc3cc(N)ccc23)CC1. The molecule has 6 heteroatoms. The highest BCUT2D eigenvalue weighted by Gasteiger charge is 2.21. The Morgan fingerprint density at radius 3 is 2.65 bits per heavy atom. The molecule has 0 spiro atoms. The molecule has 1 aromatic heterocycles. The van der Waals surface area contributed by atoms with Crippen LogP contribution >= 0.6 is 0 Å². The van der Waals surface area contributed by atoms with Crippen LogP contribution in [0.2, 0.25) is 0 Å². The molecule has 0 bridgehead atoms. The van der Waals surface area contributed by atoms with Crippen LogP contribution in [0.15, 0.2) is 24.5 Å². The first kappa shape index (κ1) is 12.7. The van der Waals surface area contributed by atoms with E-state index in [-0.39, 0.29) is 5.91 Å². The number of anilines is 2. The Kier molecular flexibility index (Phi) is 3.14. The lowest BCUT2D eigenvalue weighted by Gasteiger charge is -2.35. The van der Waals surface area contributed by atoms with Crippen molar-refractivity contribution in [2.45, 2.75) is 6.92 Å². The zero-order chi connectivity index (χ0) is 14.1. The van der Waals surface area contributed by atoms with Gasteiger partial charge in [0.25, 0.3) is 0 Å². The van der Waals surface area contributed by atoms with E-state index in [2.05, 4.69) is 14.9 Å². The van der Waals surface area contributed by atoms with Crippen molar-refractivity contribution in [3.8, 4) is 0 Å². The lowest BCUT2D eigenvalue weighted by Crippen LogP contribution is -2.48. The van der Waals surface area contributed by atoms with Gasteiger partial charge in [-0.1, -0.05) is 0 Å². The van der Waals surface area contributed by atoms with Crippen LogP contribution in [0.5, 0.6) is 0 Å². The van der Waals surface area contributed by atoms with Crippen LogP contribution in [0.1, 0.15) is 6.92 Å². The summed E-state index contributed by atoms with van der Waals surface area (Å²) in [4.78, 5) is 24.1. The van der Waals surface area contributed by atoms with Crippen LogP contribution in [-0.4, -0.2) is 47.0 Å². The van der Waals surface area contributed by atoms with E-state index >= 15 is 0 Å². The van der Waals surface area contributed by atoms with Crippen molar-refractivity contribution < 1.29 is 4.79 Å². The number of rotatable bonds is 1. The van der Waals surface area contributed by atoms with Crippen molar-refractivity contribution >= 4 is 28.3 Å². The second-order valence-electron chi connectivity index (χ2n) is 4.97. The van der Waals surface area contributed by atoms with Crippen LogP contribution in [0, 0.1) is 0 Å². The maximum atomic E-state index is 11.4. The van der Waals surface area contributed by atoms with Crippen LogP contribution in [-0.2, 0) is 4.79 Å². The predicted octanol–water partition coefficient (Wildman–Crippen LogP) is 0.880. The molecule has 0 unspecified atom stereocenters. The second kappa shape index (κ2) is 4.96. The highest BCUT2D eigenvalue weighted by atomic mass is 16.2. The van der Waals surface area contributed by atoms with E-state index in [1.807, 2.05) is 23.1 Å². The zero-order valence-corrected chi connectivity index (χ0v) is 11.4. The van der Waals surface area contributed by atoms with Gasteiger partial charge in [0, 0.05) is 44.2 Å². The molecule has 1 saturated heterocycles. The van der Waals surface area contributed by atoms with E-state index in [9.17, 15) is 4.79 Å². The molecule has 0 radical (unpaired) electrons. The van der Waals surface area contributed by atoms with Crippen molar-refractivity contribution in [1.29, 1.82) is 0 Å². The number of nitrogens with zero attached hydrogens (tertiary/aromatic N) is 4. The third-order valence-electron chi connectivity index (χ3n) is 3.66. The number of carbonyl (C=O) groups excluding carboxylic acids is 1. The molecule has 1 fully saturated rings. The van der Waals surface area contributed by atoms with Gasteiger partial charge >= 0.3 is 0 Å². The number of carbonyl (C=O) groups is 1. The smallest absolute Gasteiger partial charge is 0.219 e. The lowest BCUT2D eigenvalue weighted by molar-refractivity contribution is -0.129. The third kappa shape index (κ3) is 2.24. The van der Waals surface area contributed by atoms with E-state index in [1.54, 1.807) is 13.3 Å². The summed E-state index contributed by atoms with van der Waals surface area (Å²) in [6.07, 6.45) is 1.56. The normalized spacial score (nSPS) is 15.7. The van der Waals surface area contributed by atoms with Crippen LogP contribution in [0.4, 0.5) is 11.5 Å². The summed E-state index contributed by atoms with van der Waals surface area (Å²) >= 11 is 0. The number of hydrogen-bond acceptors (Lipinski definition) is 5. The number of amides is 1. The molecule has 1 aromatic carbocycles. The Morgan fingerprint density at radius 1 is 1.20 bits per heavy atom. The summed E-state index contributed by atoms with van der Waals surface area (Å²) in [6.45, 7) is 4.65. The second-order valence-corrected chi connectivity index (χ2v) is 4.97. The molecule has 0 aliphatic carbocycles. The molecule has 6 nitrogen and oxygen atoms in total. The zero-order valence-electron chi connectivity index (χ0n) is 11.4. The van der Waals surface area contributed by atoms with Gasteiger partial charge in [-0.25, -0.2) is 9.97 Å². The number of benzene rings is 1. The quantitative estimate of drug-likeness (QED) is 0.779. The molecule has 2 N–H and O–H groups in total. The Morgan fingerprint density at radius 2 is 1.95 bits per heavy atom. The summed E-state index contributed by atoms with van der Waals surface area (Å²) < 4.78 is 0. The Balaban J connectivity index is 1.90. The fraction of sp³-hybridized carbons (Fsp3) is 0.357. The number of piperazine rings is 1. The number of nitrogen functional groups attached to an aromatic ring is 1. The molecular weight excluding hydrogens is 254 g/mol. The number of fused-ring (bicyclic) bond motifs is 1. The number of nitrogens with two attached hydrogens (primary N) is 1. The molecule has 2 heterocycles. The summed E-state index contributed by atoms with van der Waals surface area (Å²) in [6, 6.07) is 5.67. The largest absolute Gasteiger partial charge is 0.399 e. The van der Waals surface area contributed by atoms with Crippen molar-refractivity contribution in [3.05, 3.63) is 24.5 Å². The minimum Gasteiger partial charge on any atom is -0.399 e. The molecule has 3 rings (SSSR count). The highest BCUT2D eigenvalue weighted by Crippen LogP contribution is 2.25. The number of aromatic nitrogens is 2. The van der Waals surface area contributed by atoms with Gasteiger partial charge in [-0.05, 0) is 18.2 Å². The van der Waals surface area contributed by atoms with E-state index in [1.165, 1.54) is 0 Å². The molecule has 0 saturated carbocycles. The van der Waals surface area contributed by atoms with E-state index < -0.39 is 0 Å². The van der Waals surface area contributed by atoms with Crippen molar-refractivity contribution in [2.24, 2.45) is 0 Å². The maximum absolute atomic E-state index is 11.4. The molecule has 0 atom stereocenters. The molecular formula is C14H17N5O. The average molecular weight is 271 g/mol.